The summed E-state index contributed by atoms with van der Waals surface area (Å²) in [6, 6.07) is 5.76. The van der Waals surface area contributed by atoms with E-state index in [1.165, 1.54) is 70.0 Å². The van der Waals surface area contributed by atoms with Gasteiger partial charge in [-0.3, -0.25) is 23.5 Å². The van der Waals surface area contributed by atoms with Crippen LogP contribution in [-0.2, 0) is 35.5 Å². The number of imidazole rings is 1. The van der Waals surface area contributed by atoms with Crippen LogP contribution in [0.2, 0.25) is 0 Å². The molecule has 0 N–H and O–H groups in total. The predicted molar refractivity (Wildman–Crippen MR) is 122 cm³/mol. The fourth-order valence-corrected chi connectivity index (χ4v) is 5.37. The van der Waals surface area contributed by atoms with Crippen molar-refractivity contribution >= 4 is 32.9 Å². The molecule has 180 valence electrons. The Morgan fingerprint density at radius 1 is 0.971 bits per heavy atom. The molecule has 4 rings (SSSR count). The van der Waals surface area contributed by atoms with Gasteiger partial charge in [0.1, 0.15) is 6.54 Å². The third kappa shape index (κ3) is 3.96. The van der Waals surface area contributed by atoms with Gasteiger partial charge in [0.05, 0.1) is 11.2 Å². The number of aryl methyl sites for hydroxylation is 1. The minimum Gasteiger partial charge on any atom is -0.339 e. The summed E-state index contributed by atoms with van der Waals surface area (Å²) in [6.07, 6.45) is 1.34. The highest BCUT2D eigenvalue weighted by molar-refractivity contribution is 7.89. The number of hydrogen-bond acceptors (Lipinski definition) is 7. The summed E-state index contributed by atoms with van der Waals surface area (Å²) in [6.45, 7) is 1.85. The number of ketones is 1. The van der Waals surface area contributed by atoms with E-state index >= 15 is 0 Å². The third-order valence-electron chi connectivity index (χ3n) is 6.01. The van der Waals surface area contributed by atoms with Crippen LogP contribution >= 0.6 is 0 Å². The maximum absolute atomic E-state index is 12.9. The van der Waals surface area contributed by atoms with Crippen LogP contribution in [0.4, 0.5) is 0 Å². The van der Waals surface area contributed by atoms with E-state index in [1.54, 1.807) is 0 Å². The second-order valence-corrected chi connectivity index (χ2v) is 10.1. The Kier molecular flexibility index (Phi) is 6.00. The van der Waals surface area contributed by atoms with Crippen LogP contribution in [0.3, 0.4) is 0 Å². The molecule has 12 nitrogen and oxygen atoms in total. The molecule has 3 aromatic rings. The van der Waals surface area contributed by atoms with Gasteiger partial charge in [0, 0.05) is 45.8 Å². The lowest BCUT2D eigenvalue weighted by molar-refractivity contribution is -0.132. The first-order valence-corrected chi connectivity index (χ1v) is 12.0. The van der Waals surface area contributed by atoms with Gasteiger partial charge in [0.15, 0.2) is 16.9 Å². The molecule has 1 aliphatic rings. The summed E-state index contributed by atoms with van der Waals surface area (Å²) >= 11 is 0. The van der Waals surface area contributed by atoms with Crippen LogP contribution in [0.1, 0.15) is 17.3 Å². The zero-order valence-electron chi connectivity index (χ0n) is 19.0. The maximum atomic E-state index is 12.9. The second kappa shape index (κ2) is 8.65. The van der Waals surface area contributed by atoms with Gasteiger partial charge in [-0.1, -0.05) is 12.1 Å². The van der Waals surface area contributed by atoms with Crippen molar-refractivity contribution in [2.45, 2.75) is 18.4 Å². The van der Waals surface area contributed by atoms with E-state index in [2.05, 4.69) is 4.98 Å². The minimum absolute atomic E-state index is 0.0867. The normalized spacial score (nSPS) is 15.1. The van der Waals surface area contributed by atoms with Crippen molar-refractivity contribution in [3.63, 3.8) is 0 Å². The first-order valence-electron chi connectivity index (χ1n) is 10.5. The number of fused-ring (bicyclic) bond motifs is 1. The number of rotatable bonds is 5. The van der Waals surface area contributed by atoms with Gasteiger partial charge in [-0.2, -0.15) is 4.31 Å². The minimum atomic E-state index is -3.76. The molecule has 1 fully saturated rings. The van der Waals surface area contributed by atoms with E-state index in [-0.39, 0.29) is 60.5 Å². The summed E-state index contributed by atoms with van der Waals surface area (Å²) in [4.78, 5) is 54.7. The van der Waals surface area contributed by atoms with Gasteiger partial charge in [-0.25, -0.2) is 18.2 Å². The number of amides is 1. The van der Waals surface area contributed by atoms with Gasteiger partial charge < -0.3 is 9.47 Å². The fourth-order valence-electron chi connectivity index (χ4n) is 3.95. The molecule has 0 aliphatic carbocycles. The number of sulfonamides is 1. The van der Waals surface area contributed by atoms with E-state index in [4.69, 9.17) is 0 Å². The molecule has 1 saturated heterocycles. The molecule has 0 radical (unpaired) electrons. The van der Waals surface area contributed by atoms with Crippen molar-refractivity contribution in [1.29, 1.82) is 0 Å². The summed E-state index contributed by atoms with van der Waals surface area (Å²) in [5.74, 6) is -0.445. The van der Waals surface area contributed by atoms with Gasteiger partial charge in [0.2, 0.25) is 15.9 Å². The molecule has 0 saturated carbocycles. The molecular weight excluding hydrogens is 464 g/mol. The van der Waals surface area contributed by atoms with E-state index < -0.39 is 21.3 Å². The lowest BCUT2D eigenvalue weighted by Gasteiger charge is -2.34. The number of carbonyl (C=O) groups is 2. The van der Waals surface area contributed by atoms with Gasteiger partial charge in [0.25, 0.3) is 5.56 Å². The van der Waals surface area contributed by atoms with Crippen LogP contribution in [0.5, 0.6) is 0 Å². The Balaban J connectivity index is 1.47. The third-order valence-corrected chi connectivity index (χ3v) is 7.93. The summed E-state index contributed by atoms with van der Waals surface area (Å²) in [7, 11) is -0.905. The Labute approximate surface area is 194 Å². The highest BCUT2D eigenvalue weighted by Gasteiger charge is 2.30. The first-order chi connectivity index (χ1) is 16.0. The first kappa shape index (κ1) is 23.6. The molecule has 13 heteroatoms. The topological polar surface area (TPSA) is 137 Å². The molecule has 2 aromatic heterocycles. The zero-order chi connectivity index (χ0) is 24.8. The summed E-state index contributed by atoms with van der Waals surface area (Å²) in [5.41, 5.74) is -0.297. The van der Waals surface area contributed by atoms with Gasteiger partial charge >= 0.3 is 5.69 Å². The van der Waals surface area contributed by atoms with Crippen LogP contribution in [0, 0.1) is 0 Å². The van der Waals surface area contributed by atoms with Gasteiger partial charge in [-0.15, -0.1) is 0 Å². The van der Waals surface area contributed by atoms with Gasteiger partial charge in [-0.05, 0) is 19.1 Å². The van der Waals surface area contributed by atoms with Crippen molar-refractivity contribution in [3.8, 4) is 0 Å². The molecular formula is C21H24N6O6S. The average molecular weight is 489 g/mol. The molecule has 1 amide bonds. The SMILES string of the molecule is CC(=O)c1ccc(S(=O)(=O)N2CCN(C(=O)Cn3cnc4c3c(=O)n(C)c(=O)n4C)CC2)cc1. The van der Waals surface area contributed by atoms with Crippen molar-refractivity contribution in [2.24, 2.45) is 14.1 Å². The smallest absolute Gasteiger partial charge is 0.332 e. The number of Topliss-reactive ketones (excluding diaryl/α,β-unsaturated/α-hetero) is 1. The standard InChI is InChI=1S/C21H24N6O6S/c1-14(28)15-4-6-16(7-5-15)34(32,33)27-10-8-25(9-11-27)17(29)12-26-13-22-19-18(26)20(30)24(3)21(31)23(19)2/h4-7,13H,8-12H2,1-3H3. The van der Waals surface area contributed by atoms with Crippen molar-refractivity contribution < 1.29 is 18.0 Å². The van der Waals surface area contributed by atoms with E-state index in [9.17, 15) is 27.6 Å². The number of hydrogen-bond donors (Lipinski definition) is 0. The fraction of sp³-hybridized carbons (Fsp3) is 0.381. The largest absolute Gasteiger partial charge is 0.339 e. The van der Waals surface area contributed by atoms with Crippen molar-refractivity contribution in [2.75, 3.05) is 26.2 Å². The zero-order valence-corrected chi connectivity index (χ0v) is 19.8. The monoisotopic (exact) mass is 488 g/mol. The van der Waals surface area contributed by atoms with E-state index in [1.807, 2.05) is 0 Å². The molecule has 34 heavy (non-hydrogen) atoms. The molecule has 1 aliphatic heterocycles. The molecule has 1 aromatic carbocycles. The number of nitrogens with zero attached hydrogens (tertiary/aromatic N) is 6. The molecule has 0 unspecified atom stereocenters. The van der Waals surface area contributed by atoms with Crippen molar-refractivity contribution in [1.82, 2.24) is 27.9 Å². The predicted octanol–water partition coefficient (Wildman–Crippen LogP) is -0.831. The molecule has 3 heterocycles. The number of carbonyl (C=O) groups excluding carboxylic acids is 2. The average Bonchev–Trinajstić information content (AvgIpc) is 3.25. The van der Waals surface area contributed by atoms with E-state index in [0.717, 1.165) is 4.57 Å². The molecule has 0 atom stereocenters. The summed E-state index contributed by atoms with van der Waals surface area (Å²) < 4.78 is 30.8. The maximum Gasteiger partial charge on any atom is 0.332 e. The molecule has 0 bridgehead atoms. The second-order valence-electron chi connectivity index (χ2n) is 8.12. The summed E-state index contributed by atoms with van der Waals surface area (Å²) in [5, 5.41) is 0. The number of aromatic nitrogens is 4. The quantitative estimate of drug-likeness (QED) is 0.428. The van der Waals surface area contributed by atoms with Crippen LogP contribution in [0.15, 0.2) is 45.1 Å². The Morgan fingerprint density at radius 3 is 2.18 bits per heavy atom. The molecule has 0 spiro atoms. The Hall–Kier alpha value is -3.58. The Morgan fingerprint density at radius 2 is 1.59 bits per heavy atom. The number of piperazine rings is 1. The van der Waals surface area contributed by atoms with Crippen molar-refractivity contribution in [3.05, 3.63) is 57.0 Å². The van der Waals surface area contributed by atoms with E-state index in [0.29, 0.717) is 5.56 Å². The Bertz CT molecular complexity index is 1510. The van der Waals surface area contributed by atoms with Crippen LogP contribution < -0.4 is 11.2 Å². The van der Waals surface area contributed by atoms with Crippen LogP contribution in [0.25, 0.3) is 11.2 Å². The number of benzene rings is 1. The lowest BCUT2D eigenvalue weighted by atomic mass is 10.2. The lowest BCUT2D eigenvalue weighted by Crippen LogP contribution is -2.51. The highest BCUT2D eigenvalue weighted by Crippen LogP contribution is 2.19. The van der Waals surface area contributed by atoms with Crippen LogP contribution in [-0.4, -0.2) is 74.2 Å². The highest BCUT2D eigenvalue weighted by atomic mass is 32.2.